The second kappa shape index (κ2) is 11.1. The summed E-state index contributed by atoms with van der Waals surface area (Å²) in [5.74, 6) is 6.37. The molecule has 4 N–H and O–H groups in total. The molecule has 0 aliphatic heterocycles. The van der Waals surface area contributed by atoms with Gasteiger partial charge < -0.3 is 20.4 Å². The van der Waals surface area contributed by atoms with Crippen LogP contribution in [0.4, 0.5) is 0 Å². The van der Waals surface area contributed by atoms with E-state index in [-0.39, 0.29) is 24.4 Å². The van der Waals surface area contributed by atoms with E-state index in [0.717, 1.165) is 51.4 Å². The van der Waals surface area contributed by atoms with E-state index in [2.05, 4.69) is 27.7 Å². The molecule has 0 radical (unpaired) electrons. The molecule has 0 spiro atoms. The minimum Gasteiger partial charge on any atom is -0.393 e. The van der Waals surface area contributed by atoms with E-state index in [0.29, 0.717) is 71.0 Å². The lowest BCUT2D eigenvalue weighted by Gasteiger charge is -2.49. The van der Waals surface area contributed by atoms with Crippen LogP contribution in [0.25, 0.3) is 0 Å². The van der Waals surface area contributed by atoms with Gasteiger partial charge >= 0.3 is 0 Å². The molecule has 208 valence electrons. The average Bonchev–Trinajstić information content (AvgIpc) is 2.84. The second-order valence-electron chi connectivity index (χ2n) is 15.0. The zero-order valence-electron chi connectivity index (χ0n) is 23.5. The van der Waals surface area contributed by atoms with Crippen LogP contribution in [0.2, 0.25) is 0 Å². The van der Waals surface area contributed by atoms with Crippen LogP contribution in [0.15, 0.2) is 0 Å². The molecule has 5 fully saturated rings. The van der Waals surface area contributed by atoms with Crippen LogP contribution in [-0.2, 0) is 0 Å². The largest absolute Gasteiger partial charge is 0.393 e. The molecule has 0 aromatic heterocycles. The Morgan fingerprint density at radius 1 is 0.278 bits per heavy atom. The lowest BCUT2D eigenvalue weighted by atomic mass is 9.57. The zero-order valence-corrected chi connectivity index (χ0v) is 23.5. The molecular formula is C32H56O4. The molecular weight excluding hydrogens is 448 g/mol. The molecule has 5 aliphatic carbocycles. The minimum absolute atomic E-state index is 0.204. The van der Waals surface area contributed by atoms with Crippen molar-refractivity contribution in [2.75, 3.05) is 0 Å². The third-order valence-electron chi connectivity index (χ3n) is 13.0. The van der Waals surface area contributed by atoms with E-state index in [1.807, 2.05) is 0 Å². The van der Waals surface area contributed by atoms with Gasteiger partial charge in [0.2, 0.25) is 0 Å². The van der Waals surface area contributed by atoms with Gasteiger partial charge in [0, 0.05) is 0 Å². The van der Waals surface area contributed by atoms with Gasteiger partial charge in [0.15, 0.2) is 0 Å². The molecule has 4 nitrogen and oxygen atoms in total. The quantitative estimate of drug-likeness (QED) is 0.343. The Balaban J connectivity index is 1.47. The first-order valence-electron chi connectivity index (χ1n) is 15.8. The van der Waals surface area contributed by atoms with Gasteiger partial charge in [-0.1, -0.05) is 27.7 Å². The Morgan fingerprint density at radius 2 is 0.417 bits per heavy atom. The zero-order chi connectivity index (χ0) is 25.7. The summed E-state index contributed by atoms with van der Waals surface area (Å²) in [6, 6.07) is 0. The molecule has 4 heteroatoms. The third-order valence-corrected chi connectivity index (χ3v) is 13.0. The fraction of sp³-hybridized carbons (Fsp3) is 1.00. The van der Waals surface area contributed by atoms with E-state index in [9.17, 15) is 20.4 Å². The molecule has 0 amide bonds. The SMILES string of the molecule is CC1C2CC(O)CC(C2)C(C)C2CC(O)CC(C2)C(C)C2CC(O)CC(C2)C(C)C2CC(O)CC1C2. The van der Waals surface area contributed by atoms with Gasteiger partial charge in [0.1, 0.15) is 0 Å². The first kappa shape index (κ1) is 27.4. The number of aliphatic hydroxyl groups excluding tert-OH is 4. The normalized spacial score (nSPS) is 56.7. The van der Waals surface area contributed by atoms with Crippen molar-refractivity contribution in [3.8, 4) is 0 Å². The van der Waals surface area contributed by atoms with Crippen LogP contribution in [0.5, 0.6) is 0 Å². The Labute approximate surface area is 220 Å². The maximum absolute atomic E-state index is 11.0. The summed E-state index contributed by atoms with van der Waals surface area (Å²) in [6.07, 6.45) is 11.3. The Morgan fingerprint density at radius 3 is 0.556 bits per heavy atom. The van der Waals surface area contributed by atoms with Crippen molar-refractivity contribution < 1.29 is 20.4 Å². The van der Waals surface area contributed by atoms with E-state index >= 15 is 0 Å². The highest BCUT2D eigenvalue weighted by Gasteiger charge is 2.46. The van der Waals surface area contributed by atoms with Crippen LogP contribution in [-0.4, -0.2) is 44.8 Å². The van der Waals surface area contributed by atoms with Crippen LogP contribution in [0.1, 0.15) is 105 Å². The smallest absolute Gasteiger partial charge is 0.0545 e. The molecule has 8 atom stereocenters. The van der Waals surface area contributed by atoms with Gasteiger partial charge in [-0.2, -0.15) is 0 Å². The Hall–Kier alpha value is -0.160. The highest BCUT2D eigenvalue weighted by atomic mass is 16.3. The molecule has 8 bridgehead atoms. The van der Waals surface area contributed by atoms with Crippen molar-refractivity contribution in [2.45, 2.75) is 129 Å². The predicted octanol–water partition coefficient (Wildman–Crippen LogP) is 5.65. The topological polar surface area (TPSA) is 80.9 Å². The van der Waals surface area contributed by atoms with Crippen LogP contribution >= 0.6 is 0 Å². The van der Waals surface area contributed by atoms with Crippen LogP contribution < -0.4 is 0 Å². The highest BCUT2D eigenvalue weighted by Crippen LogP contribution is 2.52. The van der Waals surface area contributed by atoms with Crippen molar-refractivity contribution in [2.24, 2.45) is 71.0 Å². The molecule has 5 saturated carbocycles. The van der Waals surface area contributed by atoms with E-state index in [1.165, 1.54) is 25.7 Å². The maximum atomic E-state index is 11.0. The molecule has 0 aromatic rings. The van der Waals surface area contributed by atoms with E-state index in [4.69, 9.17) is 0 Å². The number of hydrogen-bond acceptors (Lipinski definition) is 4. The van der Waals surface area contributed by atoms with Crippen molar-refractivity contribution in [1.82, 2.24) is 0 Å². The van der Waals surface area contributed by atoms with Crippen LogP contribution in [0, 0.1) is 71.0 Å². The van der Waals surface area contributed by atoms with Crippen molar-refractivity contribution in [3.63, 3.8) is 0 Å². The molecule has 0 aromatic carbocycles. The second-order valence-corrected chi connectivity index (χ2v) is 15.0. The molecule has 36 heavy (non-hydrogen) atoms. The van der Waals surface area contributed by atoms with Gasteiger partial charge in [-0.3, -0.25) is 0 Å². The molecule has 5 aliphatic rings. The number of rotatable bonds is 0. The third kappa shape index (κ3) is 5.73. The molecule has 8 unspecified atom stereocenters. The molecule has 5 rings (SSSR count). The standard InChI is InChI=1S/C32H56O4/c1-17-21-5-23(11-29(33)9-21)18(2)25-7-27(15-31(35)13-25)20(4)28-8-26(14-32(36)16-28)19(3)24-6-22(17)10-30(34)12-24/h17-36H,5-16H2,1-4H3. The Bertz CT molecular complexity index is 559. The van der Waals surface area contributed by atoms with Gasteiger partial charge in [0.05, 0.1) is 24.4 Å². The number of hydrogen-bond donors (Lipinski definition) is 4. The summed E-state index contributed by atoms with van der Waals surface area (Å²) < 4.78 is 0. The van der Waals surface area contributed by atoms with Gasteiger partial charge in [-0.05, 0) is 148 Å². The number of fused-ring (bicyclic) bond motifs is 8. The van der Waals surface area contributed by atoms with Crippen LogP contribution in [0.3, 0.4) is 0 Å². The maximum Gasteiger partial charge on any atom is 0.0545 e. The summed E-state index contributed by atoms with van der Waals surface area (Å²) in [4.78, 5) is 0. The first-order chi connectivity index (χ1) is 17.1. The Kier molecular flexibility index (Phi) is 8.48. The predicted molar refractivity (Wildman–Crippen MR) is 144 cm³/mol. The summed E-state index contributed by atoms with van der Waals surface area (Å²) >= 11 is 0. The van der Waals surface area contributed by atoms with Gasteiger partial charge in [0.25, 0.3) is 0 Å². The average molecular weight is 505 g/mol. The summed E-state index contributed by atoms with van der Waals surface area (Å²) in [6.45, 7) is 9.67. The summed E-state index contributed by atoms with van der Waals surface area (Å²) in [7, 11) is 0. The van der Waals surface area contributed by atoms with Gasteiger partial charge in [-0.25, -0.2) is 0 Å². The summed E-state index contributed by atoms with van der Waals surface area (Å²) in [5.41, 5.74) is 0. The monoisotopic (exact) mass is 504 g/mol. The fourth-order valence-corrected chi connectivity index (χ4v) is 10.5. The van der Waals surface area contributed by atoms with E-state index < -0.39 is 0 Å². The lowest BCUT2D eigenvalue weighted by molar-refractivity contribution is -0.0505. The highest BCUT2D eigenvalue weighted by molar-refractivity contribution is 4.96. The van der Waals surface area contributed by atoms with E-state index in [1.54, 1.807) is 0 Å². The lowest BCUT2D eigenvalue weighted by Crippen LogP contribution is -2.44. The molecule has 0 saturated heterocycles. The minimum atomic E-state index is -0.204. The van der Waals surface area contributed by atoms with Crippen molar-refractivity contribution in [1.29, 1.82) is 0 Å². The van der Waals surface area contributed by atoms with Crippen molar-refractivity contribution >= 4 is 0 Å². The van der Waals surface area contributed by atoms with Crippen molar-refractivity contribution in [3.05, 3.63) is 0 Å². The first-order valence-corrected chi connectivity index (χ1v) is 15.8. The summed E-state index contributed by atoms with van der Waals surface area (Å²) in [5, 5.41) is 43.9. The number of aliphatic hydroxyl groups is 4. The molecule has 0 heterocycles. The van der Waals surface area contributed by atoms with Gasteiger partial charge in [-0.15, -0.1) is 0 Å². The fourth-order valence-electron chi connectivity index (χ4n) is 10.5.